The quantitative estimate of drug-likeness (QED) is 0.524. The van der Waals surface area contributed by atoms with Crippen LogP contribution in [0.3, 0.4) is 0 Å². The molecule has 0 saturated heterocycles. The number of carbonyl (C=O) groups excluding carboxylic acids is 2. The molecule has 1 rings (SSSR count). The average Bonchev–Trinajstić information content (AvgIpc) is 2.37. The molecule has 4 nitrogen and oxygen atoms in total. The molecule has 0 aliphatic rings. The second kappa shape index (κ2) is 8.42. The van der Waals surface area contributed by atoms with Crippen molar-refractivity contribution in [3.05, 3.63) is 35.9 Å². The van der Waals surface area contributed by atoms with Crippen molar-refractivity contribution in [1.29, 1.82) is 0 Å². The number of carbonyl (C=O) groups is 2. The van der Waals surface area contributed by atoms with E-state index in [1.165, 1.54) is 0 Å². The third-order valence-electron chi connectivity index (χ3n) is 2.18. The third kappa shape index (κ3) is 6.15. The minimum Gasteiger partial charge on any atom is -0.465 e. The van der Waals surface area contributed by atoms with Gasteiger partial charge in [-0.1, -0.05) is 37.3 Å². The molecule has 0 atom stereocenters. The summed E-state index contributed by atoms with van der Waals surface area (Å²) < 4.78 is 10.0. The predicted molar refractivity (Wildman–Crippen MR) is 67.0 cm³/mol. The van der Waals surface area contributed by atoms with Crippen LogP contribution in [0, 0.1) is 0 Å². The SMILES string of the molecule is CCCOC(=O)CC(=O)COCc1ccccc1. The fourth-order valence-corrected chi connectivity index (χ4v) is 1.34. The van der Waals surface area contributed by atoms with Crippen LogP contribution in [0.1, 0.15) is 25.3 Å². The van der Waals surface area contributed by atoms with E-state index < -0.39 is 5.97 Å². The molecule has 0 fully saturated rings. The van der Waals surface area contributed by atoms with Gasteiger partial charge in [0, 0.05) is 0 Å². The zero-order chi connectivity index (χ0) is 13.2. The molecule has 18 heavy (non-hydrogen) atoms. The number of ether oxygens (including phenoxy) is 2. The summed E-state index contributed by atoms with van der Waals surface area (Å²) in [4.78, 5) is 22.5. The summed E-state index contributed by atoms with van der Waals surface area (Å²) in [6.07, 6.45) is 0.541. The Bertz CT molecular complexity index is 373. The minimum absolute atomic E-state index is 0.0594. The van der Waals surface area contributed by atoms with Gasteiger partial charge in [0.25, 0.3) is 0 Å². The monoisotopic (exact) mass is 250 g/mol. The van der Waals surface area contributed by atoms with Crippen LogP contribution < -0.4 is 0 Å². The number of benzene rings is 1. The van der Waals surface area contributed by atoms with Gasteiger partial charge < -0.3 is 9.47 Å². The Hall–Kier alpha value is -1.68. The van der Waals surface area contributed by atoms with Gasteiger partial charge in [0.2, 0.25) is 0 Å². The molecule has 0 heterocycles. The highest BCUT2D eigenvalue weighted by molar-refractivity contribution is 5.96. The highest BCUT2D eigenvalue weighted by Crippen LogP contribution is 2.01. The van der Waals surface area contributed by atoms with Crippen LogP contribution in [0.2, 0.25) is 0 Å². The first-order chi connectivity index (χ1) is 8.72. The molecule has 0 aromatic heterocycles. The highest BCUT2D eigenvalue weighted by atomic mass is 16.5. The molecule has 1 aromatic carbocycles. The van der Waals surface area contributed by atoms with E-state index in [0.717, 1.165) is 12.0 Å². The lowest BCUT2D eigenvalue weighted by Gasteiger charge is -2.04. The number of esters is 1. The van der Waals surface area contributed by atoms with Crippen LogP contribution in [0.4, 0.5) is 0 Å². The molecule has 0 bridgehead atoms. The van der Waals surface area contributed by atoms with Crippen LogP contribution in [-0.4, -0.2) is 25.0 Å². The van der Waals surface area contributed by atoms with Gasteiger partial charge in [-0.2, -0.15) is 0 Å². The molecule has 0 spiro atoms. The predicted octanol–water partition coefficient (Wildman–Crippen LogP) is 2.12. The molecule has 0 N–H and O–H groups in total. The van der Waals surface area contributed by atoms with Gasteiger partial charge in [0.1, 0.15) is 13.0 Å². The second-order valence-electron chi connectivity index (χ2n) is 3.91. The van der Waals surface area contributed by atoms with E-state index in [9.17, 15) is 9.59 Å². The zero-order valence-electron chi connectivity index (χ0n) is 10.6. The standard InChI is InChI=1S/C14H18O4/c1-2-8-18-14(16)9-13(15)11-17-10-12-6-4-3-5-7-12/h3-7H,2,8-11H2,1H3. The summed E-state index contributed by atoms with van der Waals surface area (Å²) in [5.41, 5.74) is 0.999. The first kappa shape index (κ1) is 14.4. The van der Waals surface area contributed by atoms with Crippen molar-refractivity contribution in [2.75, 3.05) is 13.2 Å². The first-order valence-corrected chi connectivity index (χ1v) is 6.01. The molecule has 0 saturated carbocycles. The number of rotatable bonds is 8. The smallest absolute Gasteiger partial charge is 0.313 e. The van der Waals surface area contributed by atoms with E-state index in [-0.39, 0.29) is 18.8 Å². The summed E-state index contributed by atoms with van der Waals surface area (Å²) in [6.45, 7) is 2.57. The Balaban J connectivity index is 2.15. The van der Waals surface area contributed by atoms with Crippen molar-refractivity contribution in [3.8, 4) is 0 Å². The van der Waals surface area contributed by atoms with Crippen LogP contribution in [0.15, 0.2) is 30.3 Å². The molecular formula is C14H18O4. The van der Waals surface area contributed by atoms with Crippen molar-refractivity contribution in [2.45, 2.75) is 26.4 Å². The fraction of sp³-hybridized carbons (Fsp3) is 0.429. The Morgan fingerprint density at radius 2 is 1.89 bits per heavy atom. The molecule has 0 aliphatic heterocycles. The van der Waals surface area contributed by atoms with Gasteiger partial charge in [-0.15, -0.1) is 0 Å². The molecule has 0 aliphatic carbocycles. The summed E-state index contributed by atoms with van der Waals surface area (Å²) >= 11 is 0. The summed E-state index contributed by atoms with van der Waals surface area (Å²) in [5.74, 6) is -0.739. The maximum absolute atomic E-state index is 11.4. The average molecular weight is 250 g/mol. The summed E-state index contributed by atoms with van der Waals surface area (Å²) in [6, 6.07) is 9.56. The summed E-state index contributed by atoms with van der Waals surface area (Å²) in [5, 5.41) is 0. The molecule has 0 radical (unpaired) electrons. The van der Waals surface area contributed by atoms with E-state index >= 15 is 0 Å². The van der Waals surface area contributed by atoms with Crippen LogP contribution in [-0.2, 0) is 25.7 Å². The molecule has 4 heteroatoms. The molecule has 98 valence electrons. The van der Waals surface area contributed by atoms with Gasteiger partial charge in [0.15, 0.2) is 5.78 Å². The lowest BCUT2D eigenvalue weighted by Crippen LogP contribution is -2.16. The Labute approximate surface area is 107 Å². The van der Waals surface area contributed by atoms with Crippen molar-refractivity contribution in [3.63, 3.8) is 0 Å². The fourth-order valence-electron chi connectivity index (χ4n) is 1.34. The normalized spacial score (nSPS) is 10.1. The van der Waals surface area contributed by atoms with E-state index in [2.05, 4.69) is 0 Å². The van der Waals surface area contributed by atoms with E-state index in [0.29, 0.717) is 13.2 Å². The molecular weight excluding hydrogens is 232 g/mol. The van der Waals surface area contributed by atoms with Gasteiger partial charge in [0.05, 0.1) is 13.2 Å². The number of Topliss-reactive ketones (excluding diaryl/α,β-unsaturated/α-hetero) is 1. The molecule has 1 aromatic rings. The van der Waals surface area contributed by atoms with Gasteiger partial charge in [-0.25, -0.2) is 0 Å². The maximum Gasteiger partial charge on any atom is 0.313 e. The Morgan fingerprint density at radius 3 is 2.56 bits per heavy atom. The lowest BCUT2D eigenvalue weighted by atomic mass is 10.2. The van der Waals surface area contributed by atoms with E-state index in [4.69, 9.17) is 9.47 Å². The Kier molecular flexibility index (Phi) is 6.72. The molecule has 0 unspecified atom stereocenters. The van der Waals surface area contributed by atoms with Crippen LogP contribution >= 0.6 is 0 Å². The number of hydrogen-bond acceptors (Lipinski definition) is 4. The third-order valence-corrected chi connectivity index (χ3v) is 2.18. The highest BCUT2D eigenvalue weighted by Gasteiger charge is 2.10. The second-order valence-corrected chi connectivity index (χ2v) is 3.91. The van der Waals surface area contributed by atoms with Crippen LogP contribution in [0.25, 0.3) is 0 Å². The van der Waals surface area contributed by atoms with Crippen molar-refractivity contribution in [2.24, 2.45) is 0 Å². The van der Waals surface area contributed by atoms with Gasteiger partial charge in [-0.3, -0.25) is 9.59 Å². The van der Waals surface area contributed by atoms with Gasteiger partial charge in [-0.05, 0) is 12.0 Å². The van der Waals surface area contributed by atoms with E-state index in [1.54, 1.807) is 0 Å². The van der Waals surface area contributed by atoms with Crippen LogP contribution in [0.5, 0.6) is 0 Å². The van der Waals surface area contributed by atoms with Crippen molar-refractivity contribution in [1.82, 2.24) is 0 Å². The number of hydrogen-bond donors (Lipinski definition) is 0. The summed E-state index contributed by atoms with van der Waals surface area (Å²) in [7, 11) is 0. The first-order valence-electron chi connectivity index (χ1n) is 6.01. The lowest BCUT2D eigenvalue weighted by molar-refractivity contribution is -0.147. The van der Waals surface area contributed by atoms with Crippen molar-refractivity contribution < 1.29 is 19.1 Å². The van der Waals surface area contributed by atoms with Gasteiger partial charge >= 0.3 is 5.97 Å². The molecule has 0 amide bonds. The zero-order valence-corrected chi connectivity index (χ0v) is 10.6. The van der Waals surface area contributed by atoms with Crippen molar-refractivity contribution >= 4 is 11.8 Å². The minimum atomic E-state index is -0.481. The number of ketones is 1. The largest absolute Gasteiger partial charge is 0.465 e. The maximum atomic E-state index is 11.4. The Morgan fingerprint density at radius 1 is 1.17 bits per heavy atom. The van der Waals surface area contributed by atoms with E-state index in [1.807, 2.05) is 37.3 Å². The topological polar surface area (TPSA) is 52.6 Å².